The van der Waals surface area contributed by atoms with Crippen LogP contribution in [0.3, 0.4) is 0 Å². The number of carbonyl (C=O) groups excluding carboxylic acids is 1. The van der Waals surface area contributed by atoms with Crippen molar-refractivity contribution in [3.05, 3.63) is 59.2 Å². The van der Waals surface area contributed by atoms with E-state index in [0.29, 0.717) is 5.56 Å². The van der Waals surface area contributed by atoms with Gasteiger partial charge in [0.1, 0.15) is 17.4 Å². The van der Waals surface area contributed by atoms with E-state index in [1.165, 1.54) is 31.4 Å². The van der Waals surface area contributed by atoms with Crippen LogP contribution in [0.4, 0.5) is 14.5 Å². The molecule has 1 saturated heterocycles. The number of nitrogens with zero attached hydrogens (tertiary/aromatic N) is 2. The molecule has 7 heteroatoms. The first-order chi connectivity index (χ1) is 13.9. The molecule has 1 amide bonds. The molecule has 1 aliphatic rings. The van der Waals surface area contributed by atoms with Crippen molar-refractivity contribution >= 4 is 11.6 Å². The van der Waals surface area contributed by atoms with Gasteiger partial charge < -0.3 is 19.9 Å². The Balaban J connectivity index is 1.82. The van der Waals surface area contributed by atoms with Crippen LogP contribution in [-0.4, -0.2) is 50.6 Å². The van der Waals surface area contributed by atoms with Crippen molar-refractivity contribution < 1.29 is 18.3 Å². The average molecular weight is 403 g/mol. The predicted molar refractivity (Wildman–Crippen MR) is 110 cm³/mol. The smallest absolute Gasteiger partial charge is 0.255 e. The Labute approximate surface area is 170 Å². The van der Waals surface area contributed by atoms with Crippen LogP contribution < -0.4 is 15.0 Å². The van der Waals surface area contributed by atoms with E-state index >= 15 is 0 Å². The highest BCUT2D eigenvalue weighted by molar-refractivity contribution is 5.97. The molecular weight excluding hydrogens is 376 g/mol. The van der Waals surface area contributed by atoms with Crippen LogP contribution >= 0.6 is 0 Å². The third-order valence-corrected chi connectivity index (χ3v) is 5.37. The van der Waals surface area contributed by atoms with Gasteiger partial charge in [-0.15, -0.1) is 0 Å². The summed E-state index contributed by atoms with van der Waals surface area (Å²) in [6, 6.07) is 7.97. The van der Waals surface area contributed by atoms with Gasteiger partial charge in [0.2, 0.25) is 0 Å². The fourth-order valence-electron chi connectivity index (χ4n) is 3.67. The fourth-order valence-corrected chi connectivity index (χ4v) is 3.67. The molecule has 0 radical (unpaired) electrons. The molecule has 1 atom stereocenters. The molecule has 1 heterocycles. The molecule has 0 aliphatic carbocycles. The molecule has 29 heavy (non-hydrogen) atoms. The topological polar surface area (TPSA) is 44.8 Å². The second kappa shape index (κ2) is 9.22. The van der Waals surface area contributed by atoms with Crippen LogP contribution in [0.25, 0.3) is 0 Å². The molecule has 0 saturated carbocycles. The van der Waals surface area contributed by atoms with E-state index in [0.717, 1.165) is 44.5 Å². The highest BCUT2D eigenvalue weighted by atomic mass is 19.1. The summed E-state index contributed by atoms with van der Waals surface area (Å²) in [5.41, 5.74) is 1.70. The Morgan fingerprint density at radius 1 is 1.10 bits per heavy atom. The maximum Gasteiger partial charge on any atom is 0.255 e. The van der Waals surface area contributed by atoms with Crippen molar-refractivity contribution in [1.82, 2.24) is 10.2 Å². The third-order valence-electron chi connectivity index (χ3n) is 5.37. The number of benzene rings is 2. The van der Waals surface area contributed by atoms with Gasteiger partial charge in [-0.25, -0.2) is 8.78 Å². The summed E-state index contributed by atoms with van der Waals surface area (Å²) in [4.78, 5) is 17.3. The van der Waals surface area contributed by atoms with Crippen molar-refractivity contribution in [3.63, 3.8) is 0 Å². The van der Waals surface area contributed by atoms with Gasteiger partial charge in [0, 0.05) is 37.4 Å². The standard InChI is InChI=1S/C22H27F2N3O2/c1-4-26-9-11-27(12-10-26)20-7-5-16(23)13-18(20)15(2)25-22(28)19-14-17(24)6-8-21(19)29-3/h5-8,13-15H,4,9-12H2,1-3H3,(H,25,28). The van der Waals surface area contributed by atoms with Crippen LogP contribution in [0, 0.1) is 11.6 Å². The Morgan fingerprint density at radius 3 is 2.41 bits per heavy atom. The van der Waals surface area contributed by atoms with Crippen molar-refractivity contribution in [2.45, 2.75) is 19.9 Å². The lowest BCUT2D eigenvalue weighted by atomic mass is 10.0. The highest BCUT2D eigenvalue weighted by Gasteiger charge is 2.23. The summed E-state index contributed by atoms with van der Waals surface area (Å²) in [7, 11) is 1.42. The van der Waals surface area contributed by atoms with E-state index < -0.39 is 17.8 Å². The first-order valence-electron chi connectivity index (χ1n) is 9.84. The quantitative estimate of drug-likeness (QED) is 0.801. The lowest BCUT2D eigenvalue weighted by Crippen LogP contribution is -2.46. The molecular formula is C22H27F2N3O2. The Hall–Kier alpha value is -2.67. The largest absolute Gasteiger partial charge is 0.496 e. The molecule has 3 rings (SSSR count). The van der Waals surface area contributed by atoms with E-state index in [9.17, 15) is 13.6 Å². The van der Waals surface area contributed by atoms with Crippen molar-refractivity contribution in [3.8, 4) is 5.75 Å². The van der Waals surface area contributed by atoms with Crippen LogP contribution in [0.2, 0.25) is 0 Å². The van der Waals surface area contributed by atoms with Crippen molar-refractivity contribution in [2.75, 3.05) is 44.7 Å². The number of piperazine rings is 1. The SMILES string of the molecule is CCN1CCN(c2ccc(F)cc2C(C)NC(=O)c2cc(F)ccc2OC)CC1. The van der Waals surface area contributed by atoms with E-state index in [4.69, 9.17) is 4.74 Å². The lowest BCUT2D eigenvalue weighted by molar-refractivity contribution is 0.0936. The summed E-state index contributed by atoms with van der Waals surface area (Å²) in [6.07, 6.45) is 0. The van der Waals surface area contributed by atoms with E-state index in [1.54, 1.807) is 13.0 Å². The van der Waals surface area contributed by atoms with Gasteiger partial charge in [0.25, 0.3) is 5.91 Å². The molecule has 1 aliphatic heterocycles. The number of ether oxygens (including phenoxy) is 1. The number of nitrogens with one attached hydrogen (secondary N) is 1. The minimum atomic E-state index is -0.524. The molecule has 2 aromatic carbocycles. The number of halogens is 2. The van der Waals surface area contributed by atoms with Gasteiger partial charge in [-0.2, -0.15) is 0 Å². The number of hydrogen-bond donors (Lipinski definition) is 1. The molecule has 1 N–H and O–H groups in total. The Bertz CT molecular complexity index is 867. The number of amides is 1. The maximum atomic E-state index is 14.0. The minimum Gasteiger partial charge on any atom is -0.496 e. The third kappa shape index (κ3) is 4.85. The predicted octanol–water partition coefficient (Wildman–Crippen LogP) is 3.61. The lowest BCUT2D eigenvalue weighted by Gasteiger charge is -2.37. The molecule has 0 aromatic heterocycles. The second-order valence-electron chi connectivity index (χ2n) is 7.16. The second-order valence-corrected chi connectivity index (χ2v) is 7.16. The molecule has 0 spiro atoms. The van der Waals surface area contributed by atoms with E-state index in [-0.39, 0.29) is 17.1 Å². The molecule has 2 aromatic rings. The fraction of sp³-hybridized carbons (Fsp3) is 0.409. The van der Waals surface area contributed by atoms with Gasteiger partial charge in [-0.1, -0.05) is 6.92 Å². The number of anilines is 1. The monoisotopic (exact) mass is 403 g/mol. The summed E-state index contributed by atoms with van der Waals surface area (Å²) < 4.78 is 32.8. The van der Waals surface area contributed by atoms with Crippen molar-refractivity contribution in [2.24, 2.45) is 0 Å². The number of likely N-dealkylation sites (N-methyl/N-ethyl adjacent to an activating group) is 1. The molecule has 1 fully saturated rings. The summed E-state index contributed by atoms with van der Waals surface area (Å²) in [5.74, 6) is -1.07. The summed E-state index contributed by atoms with van der Waals surface area (Å²) >= 11 is 0. The Kier molecular flexibility index (Phi) is 6.69. The summed E-state index contributed by atoms with van der Waals surface area (Å²) in [6.45, 7) is 8.49. The number of carbonyl (C=O) groups is 1. The number of methoxy groups -OCH3 is 1. The first-order valence-corrected chi connectivity index (χ1v) is 9.84. The molecule has 0 bridgehead atoms. The minimum absolute atomic E-state index is 0.105. The molecule has 5 nitrogen and oxygen atoms in total. The number of rotatable bonds is 6. The molecule has 156 valence electrons. The van der Waals surface area contributed by atoms with Gasteiger partial charge in [0.15, 0.2) is 0 Å². The zero-order chi connectivity index (χ0) is 21.0. The van der Waals surface area contributed by atoms with Crippen LogP contribution in [-0.2, 0) is 0 Å². The van der Waals surface area contributed by atoms with Crippen molar-refractivity contribution in [1.29, 1.82) is 0 Å². The van der Waals surface area contributed by atoms with Gasteiger partial charge >= 0.3 is 0 Å². The maximum absolute atomic E-state index is 14.0. The summed E-state index contributed by atoms with van der Waals surface area (Å²) in [5, 5.41) is 2.85. The van der Waals surface area contributed by atoms with Crippen LogP contribution in [0.5, 0.6) is 5.75 Å². The van der Waals surface area contributed by atoms with E-state index in [2.05, 4.69) is 22.0 Å². The van der Waals surface area contributed by atoms with Crippen LogP contribution in [0.1, 0.15) is 35.8 Å². The molecule has 1 unspecified atom stereocenters. The Morgan fingerprint density at radius 2 is 1.76 bits per heavy atom. The van der Waals surface area contributed by atoms with Crippen LogP contribution in [0.15, 0.2) is 36.4 Å². The zero-order valence-corrected chi connectivity index (χ0v) is 17.0. The normalized spacial score (nSPS) is 15.8. The van der Waals surface area contributed by atoms with Gasteiger partial charge in [-0.3, -0.25) is 4.79 Å². The van der Waals surface area contributed by atoms with Gasteiger partial charge in [0.05, 0.1) is 18.7 Å². The highest BCUT2D eigenvalue weighted by Crippen LogP contribution is 2.29. The zero-order valence-electron chi connectivity index (χ0n) is 17.0. The van der Waals surface area contributed by atoms with E-state index in [1.807, 2.05) is 0 Å². The number of hydrogen-bond acceptors (Lipinski definition) is 4. The van der Waals surface area contributed by atoms with Gasteiger partial charge in [-0.05, 0) is 49.9 Å². The average Bonchev–Trinajstić information content (AvgIpc) is 2.73. The first kappa shape index (κ1) is 21.0.